The lowest BCUT2D eigenvalue weighted by molar-refractivity contribution is 0.0698. The number of aliphatic hydroxyl groups excluding tert-OH is 1. The second kappa shape index (κ2) is 10.1. The quantitative estimate of drug-likeness (QED) is 0.713. The summed E-state index contributed by atoms with van der Waals surface area (Å²) in [5.41, 5.74) is 1.95. The number of rotatable bonds is 7. The molecule has 2 N–H and O–H groups in total. The molecule has 0 radical (unpaired) electrons. The Bertz CT molecular complexity index is 828. The molecule has 1 aliphatic carbocycles. The Morgan fingerprint density at radius 3 is 2.72 bits per heavy atom. The summed E-state index contributed by atoms with van der Waals surface area (Å²) in [6.45, 7) is 2.24. The molecule has 7 heteroatoms. The summed E-state index contributed by atoms with van der Waals surface area (Å²) >= 11 is 6.01. The second-order valence-electron chi connectivity index (χ2n) is 7.37. The molecule has 29 heavy (non-hydrogen) atoms. The zero-order valence-electron chi connectivity index (χ0n) is 16.7. The number of halogens is 1. The number of hydrogen-bond donors (Lipinski definition) is 2. The molecule has 1 unspecified atom stereocenters. The van der Waals surface area contributed by atoms with Crippen LogP contribution in [0, 0.1) is 0 Å². The van der Waals surface area contributed by atoms with E-state index in [0.29, 0.717) is 35.1 Å². The molecule has 0 bridgehead atoms. The van der Waals surface area contributed by atoms with Crippen molar-refractivity contribution >= 4 is 17.5 Å². The van der Waals surface area contributed by atoms with Gasteiger partial charge in [-0.25, -0.2) is 4.98 Å². The highest BCUT2D eigenvalue weighted by Crippen LogP contribution is 2.30. The van der Waals surface area contributed by atoms with E-state index in [1.165, 1.54) is 6.20 Å². The average molecular weight is 419 g/mol. The first kappa shape index (κ1) is 21.6. The Kier molecular flexibility index (Phi) is 7.47. The van der Waals surface area contributed by atoms with Crippen LogP contribution in [0.2, 0.25) is 5.02 Å². The first-order chi connectivity index (χ1) is 14.0. The number of methoxy groups -OCH3 is 1. The highest BCUT2D eigenvalue weighted by atomic mass is 35.5. The Balaban J connectivity index is 1.85. The lowest BCUT2D eigenvalue weighted by atomic mass is 9.92. The number of nitrogens with one attached hydrogen (secondary N) is 1. The smallest absolute Gasteiger partial charge is 0.253 e. The molecule has 1 aromatic heterocycles. The number of carbonyl (C=O) groups is 1. The summed E-state index contributed by atoms with van der Waals surface area (Å²) in [6.07, 6.45) is 4.38. The van der Waals surface area contributed by atoms with Gasteiger partial charge in [-0.05, 0) is 43.5 Å². The maximum absolute atomic E-state index is 12.8. The van der Waals surface area contributed by atoms with Crippen LogP contribution in [0.15, 0.2) is 36.5 Å². The van der Waals surface area contributed by atoms with Gasteiger partial charge in [0.05, 0.1) is 23.8 Å². The number of aliphatic hydroxyl groups is 1. The summed E-state index contributed by atoms with van der Waals surface area (Å²) in [5, 5.41) is 13.7. The van der Waals surface area contributed by atoms with Gasteiger partial charge in [-0.2, -0.15) is 0 Å². The molecule has 1 aliphatic rings. The normalized spacial score (nSPS) is 20.1. The number of hydrogen-bond acceptors (Lipinski definition) is 5. The van der Waals surface area contributed by atoms with Gasteiger partial charge in [0.15, 0.2) is 0 Å². The third kappa shape index (κ3) is 5.69. The fourth-order valence-electron chi connectivity index (χ4n) is 3.32. The number of pyridine rings is 1. The van der Waals surface area contributed by atoms with E-state index < -0.39 is 6.10 Å². The van der Waals surface area contributed by atoms with Crippen molar-refractivity contribution in [1.82, 2.24) is 10.3 Å². The van der Waals surface area contributed by atoms with E-state index in [4.69, 9.17) is 21.1 Å². The molecule has 6 nitrogen and oxygen atoms in total. The van der Waals surface area contributed by atoms with E-state index in [1.54, 1.807) is 25.3 Å². The predicted octanol–water partition coefficient (Wildman–Crippen LogP) is 3.85. The molecule has 1 amide bonds. The van der Waals surface area contributed by atoms with Crippen molar-refractivity contribution in [2.75, 3.05) is 13.7 Å². The van der Waals surface area contributed by atoms with Crippen molar-refractivity contribution in [3.63, 3.8) is 0 Å². The Morgan fingerprint density at radius 1 is 1.31 bits per heavy atom. The lowest BCUT2D eigenvalue weighted by Gasteiger charge is -2.28. The monoisotopic (exact) mass is 418 g/mol. The number of carbonyl (C=O) groups excluding carboxylic acids is 1. The van der Waals surface area contributed by atoms with E-state index >= 15 is 0 Å². The molecule has 2 aromatic rings. The number of nitrogens with zero attached hydrogens (tertiary/aromatic N) is 1. The van der Waals surface area contributed by atoms with Crippen LogP contribution in [0.3, 0.4) is 0 Å². The number of aromatic nitrogens is 1. The van der Waals surface area contributed by atoms with Crippen molar-refractivity contribution in [3.8, 4) is 17.0 Å². The van der Waals surface area contributed by atoms with E-state index in [1.807, 2.05) is 19.1 Å². The maximum atomic E-state index is 12.8. The Morgan fingerprint density at radius 2 is 2.03 bits per heavy atom. The molecule has 1 saturated carbocycles. The van der Waals surface area contributed by atoms with Gasteiger partial charge < -0.3 is 19.9 Å². The molecule has 0 spiro atoms. The minimum absolute atomic E-state index is 0.0920. The maximum Gasteiger partial charge on any atom is 0.253 e. The van der Waals surface area contributed by atoms with Crippen molar-refractivity contribution in [2.45, 2.75) is 50.9 Å². The summed E-state index contributed by atoms with van der Waals surface area (Å²) in [7, 11) is 1.62. The van der Waals surface area contributed by atoms with E-state index in [0.717, 1.165) is 24.8 Å². The van der Waals surface area contributed by atoms with Crippen molar-refractivity contribution in [1.29, 1.82) is 0 Å². The SMILES string of the molecule is CO[C@@H](C)COc1ncc(C(=O)NC2CCCC[C@H]2O)cc1-c1ccc(Cl)cc1. The van der Waals surface area contributed by atoms with Crippen LogP contribution < -0.4 is 10.1 Å². The number of ether oxygens (including phenoxy) is 2. The third-order valence-electron chi connectivity index (χ3n) is 5.17. The van der Waals surface area contributed by atoms with Crippen molar-refractivity contribution < 1.29 is 19.4 Å². The van der Waals surface area contributed by atoms with Crippen molar-refractivity contribution in [2.24, 2.45) is 0 Å². The fraction of sp³-hybridized carbons (Fsp3) is 0.455. The van der Waals surface area contributed by atoms with Gasteiger partial charge in [-0.15, -0.1) is 0 Å². The first-order valence-corrected chi connectivity index (χ1v) is 10.3. The molecular formula is C22H27ClN2O4. The van der Waals surface area contributed by atoms with Gasteiger partial charge >= 0.3 is 0 Å². The second-order valence-corrected chi connectivity index (χ2v) is 7.81. The van der Waals surface area contributed by atoms with Gasteiger partial charge in [0.2, 0.25) is 5.88 Å². The van der Waals surface area contributed by atoms with Crippen LogP contribution in [0.5, 0.6) is 5.88 Å². The average Bonchev–Trinajstić information content (AvgIpc) is 2.74. The van der Waals surface area contributed by atoms with E-state index in [2.05, 4.69) is 10.3 Å². The Labute approximate surface area is 176 Å². The van der Waals surface area contributed by atoms with Crippen LogP contribution >= 0.6 is 11.6 Å². The Hall–Kier alpha value is -2.15. The minimum Gasteiger partial charge on any atom is -0.474 e. The predicted molar refractivity (Wildman–Crippen MR) is 112 cm³/mol. The van der Waals surface area contributed by atoms with Crippen molar-refractivity contribution in [3.05, 3.63) is 47.1 Å². The van der Waals surface area contributed by atoms with E-state index in [9.17, 15) is 9.90 Å². The summed E-state index contributed by atoms with van der Waals surface area (Å²) < 4.78 is 11.1. The van der Waals surface area contributed by atoms with Gasteiger partial charge in [0, 0.05) is 23.9 Å². The van der Waals surface area contributed by atoms with Gasteiger partial charge in [-0.3, -0.25) is 4.79 Å². The van der Waals surface area contributed by atoms with E-state index in [-0.39, 0.29) is 18.1 Å². The van der Waals surface area contributed by atoms with Crippen LogP contribution in [0.4, 0.5) is 0 Å². The van der Waals surface area contributed by atoms with Crippen LogP contribution in [-0.2, 0) is 4.74 Å². The lowest BCUT2D eigenvalue weighted by Crippen LogP contribution is -2.45. The highest BCUT2D eigenvalue weighted by molar-refractivity contribution is 6.30. The van der Waals surface area contributed by atoms with Gasteiger partial charge in [0.25, 0.3) is 5.91 Å². The zero-order chi connectivity index (χ0) is 20.8. The van der Waals surface area contributed by atoms with Crippen LogP contribution in [-0.4, -0.2) is 48.0 Å². The minimum atomic E-state index is -0.505. The summed E-state index contributed by atoms with van der Waals surface area (Å²) in [6, 6.07) is 8.81. The molecule has 1 aromatic carbocycles. The standard InChI is InChI=1S/C22H27ClN2O4/c1-14(28-2)13-29-22-18(15-7-9-17(23)10-8-15)11-16(12-24-22)21(27)25-19-5-3-4-6-20(19)26/h7-12,14,19-20,26H,3-6,13H2,1-2H3,(H,25,27)/t14-,19?,20+/m0/s1. The fourth-order valence-corrected chi connectivity index (χ4v) is 3.45. The zero-order valence-corrected chi connectivity index (χ0v) is 17.5. The topological polar surface area (TPSA) is 80.7 Å². The third-order valence-corrected chi connectivity index (χ3v) is 5.42. The van der Waals surface area contributed by atoms with Gasteiger partial charge in [0.1, 0.15) is 6.61 Å². The molecule has 3 atom stereocenters. The molecule has 3 rings (SSSR count). The number of amides is 1. The highest BCUT2D eigenvalue weighted by Gasteiger charge is 2.25. The molecule has 0 aliphatic heterocycles. The summed E-state index contributed by atoms with van der Waals surface area (Å²) in [5.74, 6) is 0.168. The van der Waals surface area contributed by atoms with Crippen LogP contribution in [0.1, 0.15) is 43.0 Å². The summed E-state index contributed by atoms with van der Waals surface area (Å²) in [4.78, 5) is 17.2. The molecule has 1 heterocycles. The molecule has 0 saturated heterocycles. The molecular weight excluding hydrogens is 392 g/mol. The number of benzene rings is 1. The van der Waals surface area contributed by atoms with Gasteiger partial charge in [-0.1, -0.05) is 36.6 Å². The largest absolute Gasteiger partial charge is 0.474 e. The first-order valence-electron chi connectivity index (χ1n) is 9.88. The van der Waals surface area contributed by atoms with Crippen LogP contribution in [0.25, 0.3) is 11.1 Å². The molecule has 1 fully saturated rings. The molecule has 156 valence electrons.